The van der Waals surface area contributed by atoms with Crippen LogP contribution in [0.5, 0.6) is 0 Å². The van der Waals surface area contributed by atoms with Gasteiger partial charge in [0.2, 0.25) is 0 Å². The Balaban J connectivity index is 2.54. The number of amides is 1. The minimum atomic E-state index is -2.33. The lowest BCUT2D eigenvalue weighted by Gasteiger charge is -2.25. The van der Waals surface area contributed by atoms with E-state index in [4.69, 9.17) is 0 Å². The molecule has 0 bridgehead atoms. The van der Waals surface area contributed by atoms with E-state index in [2.05, 4.69) is 22.2 Å². The minimum absolute atomic E-state index is 0.0715. The summed E-state index contributed by atoms with van der Waals surface area (Å²) >= 11 is 0. The number of hydroxylamine groups is 2. The summed E-state index contributed by atoms with van der Waals surface area (Å²) in [4.78, 5) is 18.1. The maximum absolute atomic E-state index is 12.2. The van der Waals surface area contributed by atoms with Crippen molar-refractivity contribution in [1.82, 2.24) is 20.3 Å². The van der Waals surface area contributed by atoms with Crippen molar-refractivity contribution in [2.45, 2.75) is 32.0 Å². The number of carbonyl (C=O) groups excluding carboxylic acids is 1. The molecule has 3 N–H and O–H groups in total. The van der Waals surface area contributed by atoms with Crippen LogP contribution in [0.3, 0.4) is 0 Å². The normalized spacial score (nSPS) is 13.2. The predicted molar refractivity (Wildman–Crippen MR) is 77.3 cm³/mol. The number of nitrogens with zero attached hydrogens (tertiary/aromatic N) is 2. The maximum Gasteiger partial charge on any atom is 0.296 e. The van der Waals surface area contributed by atoms with Gasteiger partial charge in [-0.15, -0.1) is 0 Å². The maximum atomic E-state index is 12.2. The van der Waals surface area contributed by atoms with Crippen LogP contribution >= 0.6 is 7.14 Å². The number of hydrogen-bond donors (Lipinski definition) is 3. The number of aromatic amines is 1. The second-order valence-electron chi connectivity index (χ2n) is 5.12. The molecule has 1 aromatic rings. The van der Waals surface area contributed by atoms with Crippen LogP contribution in [0.2, 0.25) is 0 Å². The third kappa shape index (κ3) is 5.07. The van der Waals surface area contributed by atoms with E-state index in [1.807, 2.05) is 0 Å². The van der Waals surface area contributed by atoms with Gasteiger partial charge in [0.25, 0.3) is 5.91 Å². The van der Waals surface area contributed by atoms with Gasteiger partial charge >= 0.3 is 0 Å². The fourth-order valence-corrected chi connectivity index (χ4v) is 3.13. The zero-order valence-corrected chi connectivity index (χ0v) is 13.1. The summed E-state index contributed by atoms with van der Waals surface area (Å²) in [5.74, 6) is -0.780. The fraction of sp³-hybridized carbons (Fsp3) is 0.667. The second kappa shape index (κ2) is 7.57. The molecule has 0 saturated heterocycles. The molecule has 0 radical (unpaired) electrons. The Labute approximate surface area is 119 Å². The lowest BCUT2D eigenvalue weighted by Crippen LogP contribution is -2.41. The van der Waals surface area contributed by atoms with Gasteiger partial charge in [0, 0.05) is 0 Å². The molecule has 0 aromatic carbocycles. The molecular weight excluding hydrogens is 279 g/mol. The van der Waals surface area contributed by atoms with Crippen LogP contribution in [0, 0.1) is 0 Å². The third-order valence-electron chi connectivity index (χ3n) is 3.02. The number of unbranched alkanes of at least 4 members (excludes halogenated alkanes) is 1. The average molecular weight is 302 g/mol. The van der Waals surface area contributed by atoms with Crippen LogP contribution in [0.1, 0.15) is 36.7 Å². The van der Waals surface area contributed by atoms with Crippen LogP contribution in [-0.2, 0) is 4.57 Å². The van der Waals surface area contributed by atoms with Gasteiger partial charge in [-0.2, -0.15) is 0 Å². The molecule has 0 aliphatic heterocycles. The van der Waals surface area contributed by atoms with Gasteiger partial charge in [0.15, 0.2) is 0 Å². The van der Waals surface area contributed by atoms with Crippen molar-refractivity contribution in [1.29, 1.82) is 0 Å². The van der Waals surface area contributed by atoms with Crippen molar-refractivity contribution in [2.24, 2.45) is 0 Å². The molecule has 0 saturated carbocycles. The molecule has 1 atom stereocenters. The van der Waals surface area contributed by atoms with Gasteiger partial charge < -0.3 is 9.55 Å². The summed E-state index contributed by atoms with van der Waals surface area (Å²) < 4.78 is 12.2. The molecular formula is C12H23N4O3P. The van der Waals surface area contributed by atoms with Gasteiger partial charge in [0.1, 0.15) is 5.69 Å². The molecule has 0 fully saturated rings. The Kier molecular flexibility index (Phi) is 6.39. The van der Waals surface area contributed by atoms with E-state index in [0.29, 0.717) is 5.06 Å². The Morgan fingerprint density at radius 2 is 2.30 bits per heavy atom. The topological polar surface area (TPSA) is 98.3 Å². The number of H-pyrrole nitrogens is 1. The van der Waals surface area contributed by atoms with Crippen molar-refractivity contribution in [3.05, 3.63) is 18.2 Å². The van der Waals surface area contributed by atoms with E-state index >= 15 is 0 Å². The molecule has 8 heteroatoms. The lowest BCUT2D eigenvalue weighted by molar-refractivity contribution is -0.0641. The van der Waals surface area contributed by atoms with Crippen LogP contribution in [-0.4, -0.2) is 51.9 Å². The third-order valence-corrected chi connectivity index (χ3v) is 4.96. The van der Waals surface area contributed by atoms with E-state index in [1.165, 1.54) is 12.5 Å². The first-order chi connectivity index (χ1) is 9.36. The van der Waals surface area contributed by atoms with Crippen LogP contribution < -0.4 is 5.32 Å². The molecule has 0 aliphatic rings. The molecule has 1 unspecified atom stereocenters. The van der Waals surface area contributed by atoms with Gasteiger partial charge in [-0.05, 0) is 19.8 Å². The molecule has 114 valence electrons. The number of imidazole rings is 1. The quantitative estimate of drug-likeness (QED) is 0.295. The van der Waals surface area contributed by atoms with E-state index in [1.54, 1.807) is 13.3 Å². The van der Waals surface area contributed by atoms with Gasteiger partial charge in [-0.3, -0.25) is 15.3 Å². The van der Waals surface area contributed by atoms with Gasteiger partial charge in [-0.1, -0.05) is 19.8 Å². The van der Waals surface area contributed by atoms with Gasteiger partial charge in [-0.25, -0.2) is 10.0 Å². The summed E-state index contributed by atoms with van der Waals surface area (Å²) in [6.07, 6.45) is 5.42. The highest BCUT2D eigenvalue weighted by Crippen LogP contribution is 2.43. The van der Waals surface area contributed by atoms with E-state index in [0.717, 1.165) is 19.3 Å². The monoisotopic (exact) mass is 302 g/mol. The van der Waals surface area contributed by atoms with Crippen LogP contribution in [0.4, 0.5) is 0 Å². The average Bonchev–Trinajstić information content (AvgIpc) is 2.89. The lowest BCUT2D eigenvalue weighted by atomic mass is 10.2. The molecule has 0 spiro atoms. The Morgan fingerprint density at radius 1 is 1.60 bits per heavy atom. The van der Waals surface area contributed by atoms with Crippen molar-refractivity contribution >= 4 is 13.0 Å². The highest BCUT2D eigenvalue weighted by Gasteiger charge is 2.24. The smallest absolute Gasteiger partial charge is 0.296 e. The number of aromatic nitrogens is 2. The highest BCUT2D eigenvalue weighted by molar-refractivity contribution is 7.63. The standard InChI is InChI=1S/C12H23N4O3P/c1-4-5-6-11(20(2,3)19)15-9-16(18)12(17)10-7-13-8-14-10/h7-8,11,15,18H,4-6,9H2,1-3H3,(H,13,14). The SMILES string of the molecule is CCCCC(NCN(O)C(=O)c1cnc[nH]1)P(C)(C)=O. The zero-order chi connectivity index (χ0) is 15.2. The molecule has 0 aliphatic carbocycles. The summed E-state index contributed by atoms with van der Waals surface area (Å²) in [6.45, 7) is 5.41. The molecule has 20 heavy (non-hydrogen) atoms. The number of carbonyl (C=O) groups is 1. The Bertz CT molecular complexity index is 457. The van der Waals surface area contributed by atoms with Crippen molar-refractivity contribution < 1.29 is 14.6 Å². The summed E-state index contributed by atoms with van der Waals surface area (Å²) in [6, 6.07) is 0. The summed E-state index contributed by atoms with van der Waals surface area (Å²) in [7, 11) is -2.33. The molecule has 1 amide bonds. The number of rotatable bonds is 8. The first-order valence-electron chi connectivity index (χ1n) is 6.63. The highest BCUT2D eigenvalue weighted by atomic mass is 31.2. The van der Waals surface area contributed by atoms with E-state index < -0.39 is 13.0 Å². The van der Waals surface area contributed by atoms with Crippen LogP contribution in [0.25, 0.3) is 0 Å². The summed E-state index contributed by atoms with van der Waals surface area (Å²) in [5, 5.41) is 13.3. The van der Waals surface area contributed by atoms with Crippen molar-refractivity contribution in [2.75, 3.05) is 20.0 Å². The fourth-order valence-electron chi connectivity index (χ4n) is 1.81. The number of hydrogen-bond acceptors (Lipinski definition) is 5. The van der Waals surface area contributed by atoms with Crippen molar-refractivity contribution in [3.8, 4) is 0 Å². The molecule has 1 heterocycles. The molecule has 7 nitrogen and oxygen atoms in total. The first-order valence-corrected chi connectivity index (χ1v) is 9.30. The minimum Gasteiger partial charge on any atom is -0.341 e. The first kappa shape index (κ1) is 16.9. The van der Waals surface area contributed by atoms with E-state index in [9.17, 15) is 14.6 Å². The predicted octanol–water partition coefficient (Wildman–Crippen LogP) is 1.93. The van der Waals surface area contributed by atoms with Gasteiger partial charge in [0.05, 0.1) is 32.1 Å². The zero-order valence-electron chi connectivity index (χ0n) is 12.2. The van der Waals surface area contributed by atoms with Crippen molar-refractivity contribution in [3.63, 3.8) is 0 Å². The molecule has 1 rings (SSSR count). The Hall–Kier alpha value is -1.17. The Morgan fingerprint density at radius 3 is 2.80 bits per heavy atom. The van der Waals surface area contributed by atoms with Crippen LogP contribution in [0.15, 0.2) is 12.5 Å². The summed E-state index contributed by atoms with van der Waals surface area (Å²) in [5.41, 5.74) is 0.204. The molecule has 1 aromatic heterocycles. The second-order valence-corrected chi connectivity index (χ2v) is 8.62. The number of nitrogens with one attached hydrogen (secondary N) is 2. The van der Waals surface area contributed by atoms with E-state index in [-0.39, 0.29) is 18.1 Å². The largest absolute Gasteiger partial charge is 0.341 e.